The molecule has 4 aromatic rings. The van der Waals surface area contributed by atoms with Crippen LogP contribution in [0.3, 0.4) is 0 Å². The number of carbonyl (C=O) groups is 1. The Morgan fingerprint density at radius 2 is 2.09 bits per heavy atom. The summed E-state index contributed by atoms with van der Waals surface area (Å²) in [5.41, 5.74) is 3.46. The van der Waals surface area contributed by atoms with E-state index in [-0.39, 0.29) is 17.1 Å². The fraction of sp³-hybridized carbons (Fsp3) is 0.304. The van der Waals surface area contributed by atoms with Crippen molar-refractivity contribution in [2.75, 3.05) is 19.5 Å². The first-order valence-electron chi connectivity index (χ1n) is 10.4. The van der Waals surface area contributed by atoms with Crippen LogP contribution in [0.5, 0.6) is 0 Å². The Hall–Kier alpha value is -2.88. The number of halogens is 1. The summed E-state index contributed by atoms with van der Waals surface area (Å²) in [5.74, 6) is 0.138. The minimum Gasteiger partial charge on any atom is -0.385 e. The van der Waals surface area contributed by atoms with Crippen LogP contribution in [0.2, 0.25) is 5.02 Å². The van der Waals surface area contributed by atoms with Crippen molar-refractivity contribution in [1.82, 2.24) is 24.3 Å². The summed E-state index contributed by atoms with van der Waals surface area (Å²) in [6, 6.07) is 9.06. The monoisotopic (exact) mass is 485 g/mol. The zero-order chi connectivity index (χ0) is 23.5. The molecule has 0 fully saturated rings. The van der Waals surface area contributed by atoms with Gasteiger partial charge in [0.05, 0.1) is 17.6 Å². The van der Waals surface area contributed by atoms with Crippen molar-refractivity contribution < 1.29 is 9.53 Å². The molecule has 8 nitrogen and oxygen atoms in total. The van der Waals surface area contributed by atoms with Crippen molar-refractivity contribution in [3.8, 4) is 5.69 Å². The number of nitrogens with one attached hydrogen (secondary N) is 1. The van der Waals surface area contributed by atoms with E-state index in [1.54, 1.807) is 30.0 Å². The van der Waals surface area contributed by atoms with Crippen molar-refractivity contribution >= 4 is 40.2 Å². The first kappa shape index (κ1) is 23.3. The van der Waals surface area contributed by atoms with Gasteiger partial charge in [-0.25, -0.2) is 9.67 Å². The summed E-state index contributed by atoms with van der Waals surface area (Å²) >= 11 is 7.30. The van der Waals surface area contributed by atoms with Crippen LogP contribution in [0.4, 0.5) is 0 Å². The number of thioether (sulfide) groups is 1. The minimum atomic E-state index is -0.306. The third-order valence-electron chi connectivity index (χ3n) is 5.41. The average Bonchev–Trinajstić information content (AvgIpc) is 3.34. The van der Waals surface area contributed by atoms with Crippen molar-refractivity contribution in [2.24, 2.45) is 0 Å². The second-order valence-electron chi connectivity index (χ2n) is 7.64. The molecule has 0 radical (unpaired) electrons. The number of rotatable bonds is 9. The molecular formula is C23H24ClN5O3S. The molecule has 3 aromatic heterocycles. The van der Waals surface area contributed by atoms with Gasteiger partial charge >= 0.3 is 0 Å². The molecule has 1 aromatic carbocycles. The molecule has 0 spiro atoms. The molecule has 33 heavy (non-hydrogen) atoms. The number of hydrogen-bond acceptors (Lipinski definition) is 6. The average molecular weight is 486 g/mol. The summed E-state index contributed by atoms with van der Waals surface area (Å²) in [4.78, 5) is 32.8. The molecule has 0 aliphatic carbocycles. The van der Waals surface area contributed by atoms with Gasteiger partial charge in [0.1, 0.15) is 5.39 Å². The van der Waals surface area contributed by atoms with E-state index < -0.39 is 0 Å². The number of benzene rings is 1. The van der Waals surface area contributed by atoms with Crippen molar-refractivity contribution in [1.29, 1.82) is 0 Å². The van der Waals surface area contributed by atoms with Crippen molar-refractivity contribution in [3.63, 3.8) is 0 Å². The highest BCUT2D eigenvalue weighted by Crippen LogP contribution is 2.22. The molecule has 10 heteroatoms. The van der Waals surface area contributed by atoms with Crippen molar-refractivity contribution in [3.05, 3.63) is 68.9 Å². The van der Waals surface area contributed by atoms with Gasteiger partial charge in [0, 0.05) is 42.2 Å². The number of H-pyrrole nitrogens is 1. The van der Waals surface area contributed by atoms with Gasteiger partial charge in [-0.1, -0.05) is 29.4 Å². The Labute approximate surface area is 199 Å². The Kier molecular flexibility index (Phi) is 7.02. The topological polar surface area (TPSA) is 94.8 Å². The van der Waals surface area contributed by atoms with E-state index in [9.17, 15) is 9.59 Å². The van der Waals surface area contributed by atoms with Crippen molar-refractivity contribution in [2.45, 2.75) is 32.0 Å². The van der Waals surface area contributed by atoms with E-state index in [1.807, 2.05) is 26.0 Å². The maximum Gasteiger partial charge on any atom is 0.262 e. The molecule has 0 aliphatic rings. The van der Waals surface area contributed by atoms with Crippen LogP contribution in [0.1, 0.15) is 28.2 Å². The van der Waals surface area contributed by atoms with Gasteiger partial charge in [-0.3, -0.25) is 9.59 Å². The number of aryl methyl sites for hydroxylation is 1. The number of aromatic nitrogens is 5. The second kappa shape index (κ2) is 9.94. The van der Waals surface area contributed by atoms with E-state index in [2.05, 4.69) is 19.6 Å². The van der Waals surface area contributed by atoms with Crippen LogP contribution in [-0.2, 0) is 11.3 Å². The standard InChI is InChI=1S/C23H24ClN5O3S/c1-14-10-18(15(2)28(14)8-5-9-32-3)20(30)13-33-23-26-21-19(22(31)27-23)12-25-29(21)17-7-4-6-16(24)11-17/h4,6-7,10-12H,5,8-9,13H2,1-3H3,(H,26,27,31). The molecule has 0 aliphatic heterocycles. The predicted molar refractivity (Wildman–Crippen MR) is 130 cm³/mol. The fourth-order valence-electron chi connectivity index (χ4n) is 3.77. The number of nitrogens with zero attached hydrogens (tertiary/aromatic N) is 4. The van der Waals surface area contributed by atoms with Gasteiger partial charge in [-0.05, 0) is 44.5 Å². The number of methoxy groups -OCH3 is 1. The van der Waals surface area contributed by atoms with Gasteiger partial charge in [-0.2, -0.15) is 5.10 Å². The van der Waals surface area contributed by atoms with Crippen LogP contribution >= 0.6 is 23.4 Å². The van der Waals surface area contributed by atoms with Gasteiger partial charge in [0.2, 0.25) is 0 Å². The van der Waals surface area contributed by atoms with E-state index in [1.165, 1.54) is 18.0 Å². The zero-order valence-electron chi connectivity index (χ0n) is 18.6. The molecule has 0 atom stereocenters. The lowest BCUT2D eigenvalue weighted by Gasteiger charge is -2.09. The summed E-state index contributed by atoms with van der Waals surface area (Å²) in [6.45, 7) is 5.41. The molecule has 0 saturated carbocycles. The summed E-state index contributed by atoms with van der Waals surface area (Å²) in [6.07, 6.45) is 2.35. The molecule has 0 bridgehead atoms. The number of carbonyl (C=O) groups excluding carboxylic acids is 1. The Morgan fingerprint density at radius 1 is 1.27 bits per heavy atom. The van der Waals surface area contributed by atoms with E-state index in [0.29, 0.717) is 39.1 Å². The summed E-state index contributed by atoms with van der Waals surface area (Å²) in [7, 11) is 1.68. The molecule has 172 valence electrons. The minimum absolute atomic E-state index is 0.0165. The first-order chi connectivity index (χ1) is 15.9. The van der Waals surface area contributed by atoms with Crippen LogP contribution in [0.25, 0.3) is 16.7 Å². The highest BCUT2D eigenvalue weighted by molar-refractivity contribution is 7.99. The predicted octanol–water partition coefficient (Wildman–Crippen LogP) is 4.19. The summed E-state index contributed by atoms with van der Waals surface area (Å²) in [5, 5.41) is 5.58. The summed E-state index contributed by atoms with van der Waals surface area (Å²) < 4.78 is 8.83. The van der Waals surface area contributed by atoms with Crippen LogP contribution in [-0.4, -0.2) is 49.6 Å². The van der Waals surface area contributed by atoms with Gasteiger partial charge in [0.15, 0.2) is 16.6 Å². The maximum absolute atomic E-state index is 12.9. The van der Waals surface area contributed by atoms with Crippen LogP contribution < -0.4 is 5.56 Å². The van der Waals surface area contributed by atoms with Gasteiger partial charge < -0.3 is 14.3 Å². The second-order valence-corrected chi connectivity index (χ2v) is 9.04. The molecular weight excluding hydrogens is 462 g/mol. The Morgan fingerprint density at radius 3 is 2.85 bits per heavy atom. The number of Topliss-reactive ketones (excluding diaryl/α,β-unsaturated/α-hetero) is 1. The lowest BCUT2D eigenvalue weighted by atomic mass is 10.2. The third-order valence-corrected chi connectivity index (χ3v) is 6.52. The third kappa shape index (κ3) is 4.90. The van der Waals surface area contributed by atoms with E-state index in [0.717, 1.165) is 24.4 Å². The fourth-order valence-corrected chi connectivity index (χ4v) is 4.69. The first-order valence-corrected chi connectivity index (χ1v) is 11.8. The largest absolute Gasteiger partial charge is 0.385 e. The number of hydrogen-bond donors (Lipinski definition) is 1. The molecule has 3 heterocycles. The van der Waals surface area contributed by atoms with E-state index >= 15 is 0 Å². The Balaban J connectivity index is 1.55. The zero-order valence-corrected chi connectivity index (χ0v) is 20.2. The quantitative estimate of drug-likeness (QED) is 0.165. The molecule has 1 N–H and O–H groups in total. The SMILES string of the molecule is COCCCn1c(C)cc(C(=O)CSc2nc3c(cnn3-c3cccc(Cl)c3)c(=O)[nH]2)c1C. The number of ketones is 1. The lowest BCUT2D eigenvalue weighted by molar-refractivity contribution is 0.102. The Bertz CT molecular complexity index is 1370. The molecule has 0 unspecified atom stereocenters. The normalized spacial score (nSPS) is 11.4. The smallest absolute Gasteiger partial charge is 0.262 e. The molecule has 0 amide bonds. The maximum atomic E-state index is 12.9. The number of aromatic amines is 1. The van der Waals surface area contributed by atoms with Crippen LogP contribution in [0.15, 0.2) is 46.5 Å². The lowest BCUT2D eigenvalue weighted by Crippen LogP contribution is -2.11. The number of fused-ring (bicyclic) bond motifs is 1. The van der Waals surface area contributed by atoms with Gasteiger partial charge in [0.25, 0.3) is 5.56 Å². The van der Waals surface area contributed by atoms with Gasteiger partial charge in [-0.15, -0.1) is 0 Å². The highest BCUT2D eigenvalue weighted by Gasteiger charge is 2.17. The highest BCUT2D eigenvalue weighted by atomic mass is 35.5. The van der Waals surface area contributed by atoms with Crippen LogP contribution in [0, 0.1) is 13.8 Å². The molecule has 4 rings (SSSR count). The molecule has 0 saturated heterocycles. The van der Waals surface area contributed by atoms with E-state index in [4.69, 9.17) is 16.3 Å². The number of ether oxygens (including phenoxy) is 1.